The summed E-state index contributed by atoms with van der Waals surface area (Å²) in [6, 6.07) is 10.0. The summed E-state index contributed by atoms with van der Waals surface area (Å²) >= 11 is 0. The molecule has 1 N–H and O–H groups in total. The zero-order valence-corrected chi connectivity index (χ0v) is 14.0. The second-order valence-electron chi connectivity index (χ2n) is 7.02. The third-order valence-electron chi connectivity index (χ3n) is 5.54. The van der Waals surface area contributed by atoms with Crippen LogP contribution in [0.2, 0.25) is 0 Å². The lowest BCUT2D eigenvalue weighted by atomic mass is 9.89. The van der Waals surface area contributed by atoms with Crippen molar-refractivity contribution in [2.45, 2.75) is 6.04 Å². The minimum Gasteiger partial charge on any atom is -0.331 e. The van der Waals surface area contributed by atoms with Crippen LogP contribution in [0.25, 0.3) is 5.65 Å². The van der Waals surface area contributed by atoms with Gasteiger partial charge in [-0.25, -0.2) is 13.9 Å². The highest BCUT2D eigenvalue weighted by atomic mass is 19.1. The molecule has 0 saturated carbocycles. The molecule has 0 spiro atoms. The molecule has 132 valence electrons. The standard InChI is InChI=1S/C19H18FN5O/c20-15-3-1-2-12(6-15)18-16-9-21-8-14(16)10-24(18)19(26)13-4-5-25-17(7-13)22-11-23-25/h1-7,11,14,16,18,21H,8-10H2/t14-,16-,18+/m0/s1. The van der Waals surface area contributed by atoms with E-state index in [1.165, 1.54) is 12.4 Å². The van der Waals surface area contributed by atoms with Gasteiger partial charge in [0.25, 0.3) is 5.91 Å². The number of rotatable bonds is 2. The molecule has 7 heteroatoms. The van der Waals surface area contributed by atoms with Gasteiger partial charge in [-0.05, 0) is 35.7 Å². The Bertz CT molecular complexity index is 987. The number of pyridine rings is 1. The highest BCUT2D eigenvalue weighted by Gasteiger charge is 2.46. The van der Waals surface area contributed by atoms with E-state index in [-0.39, 0.29) is 17.8 Å². The Morgan fingerprint density at radius 2 is 2.15 bits per heavy atom. The molecule has 26 heavy (non-hydrogen) atoms. The number of carbonyl (C=O) groups excluding carboxylic acids is 1. The van der Waals surface area contributed by atoms with Gasteiger partial charge in [0.1, 0.15) is 12.1 Å². The topological polar surface area (TPSA) is 62.5 Å². The molecule has 2 aromatic heterocycles. The zero-order chi connectivity index (χ0) is 17.7. The molecule has 2 aliphatic rings. The van der Waals surface area contributed by atoms with Gasteiger partial charge in [0, 0.05) is 37.3 Å². The number of amides is 1. The zero-order valence-electron chi connectivity index (χ0n) is 14.0. The summed E-state index contributed by atoms with van der Waals surface area (Å²) in [6.07, 6.45) is 3.20. The Morgan fingerprint density at radius 3 is 3.04 bits per heavy atom. The number of nitrogens with one attached hydrogen (secondary N) is 1. The van der Waals surface area contributed by atoms with Gasteiger partial charge in [0.15, 0.2) is 5.65 Å². The van der Waals surface area contributed by atoms with Gasteiger partial charge in [0.05, 0.1) is 6.04 Å². The van der Waals surface area contributed by atoms with Crippen LogP contribution in [0.3, 0.4) is 0 Å². The van der Waals surface area contributed by atoms with Crippen LogP contribution in [-0.2, 0) is 0 Å². The second-order valence-corrected chi connectivity index (χ2v) is 7.02. The average Bonchev–Trinajstić information content (AvgIpc) is 3.35. The maximum atomic E-state index is 13.8. The van der Waals surface area contributed by atoms with Crippen molar-refractivity contribution in [1.82, 2.24) is 24.8 Å². The summed E-state index contributed by atoms with van der Waals surface area (Å²) in [5, 5.41) is 7.47. The van der Waals surface area contributed by atoms with Crippen molar-refractivity contribution in [3.63, 3.8) is 0 Å². The van der Waals surface area contributed by atoms with Gasteiger partial charge in [-0.1, -0.05) is 12.1 Å². The Morgan fingerprint density at radius 1 is 1.23 bits per heavy atom. The molecule has 2 saturated heterocycles. The van der Waals surface area contributed by atoms with Crippen LogP contribution in [0.1, 0.15) is 22.0 Å². The molecular formula is C19H18FN5O. The number of hydrogen-bond donors (Lipinski definition) is 1. The number of fused-ring (bicyclic) bond motifs is 2. The van der Waals surface area contributed by atoms with E-state index in [4.69, 9.17) is 0 Å². The van der Waals surface area contributed by atoms with Crippen molar-refractivity contribution in [3.8, 4) is 0 Å². The lowest BCUT2D eigenvalue weighted by Crippen LogP contribution is -2.34. The molecule has 0 radical (unpaired) electrons. The minimum absolute atomic E-state index is 0.0424. The molecule has 1 amide bonds. The number of nitrogens with zero attached hydrogens (tertiary/aromatic N) is 4. The van der Waals surface area contributed by atoms with Crippen molar-refractivity contribution in [2.24, 2.45) is 11.8 Å². The maximum absolute atomic E-state index is 13.8. The molecule has 6 nitrogen and oxygen atoms in total. The van der Waals surface area contributed by atoms with Gasteiger partial charge in [0.2, 0.25) is 0 Å². The first-order chi connectivity index (χ1) is 12.7. The highest BCUT2D eigenvalue weighted by molar-refractivity contribution is 5.95. The summed E-state index contributed by atoms with van der Waals surface area (Å²) in [5.41, 5.74) is 2.08. The third kappa shape index (κ3) is 2.39. The average molecular weight is 351 g/mol. The van der Waals surface area contributed by atoms with E-state index in [9.17, 15) is 9.18 Å². The molecule has 2 aliphatic heterocycles. The Kier molecular flexibility index (Phi) is 3.49. The number of benzene rings is 1. The second kappa shape index (κ2) is 5.88. The van der Waals surface area contributed by atoms with Crippen LogP contribution in [0.15, 0.2) is 48.9 Å². The first kappa shape index (κ1) is 15.5. The van der Waals surface area contributed by atoms with E-state index >= 15 is 0 Å². The lowest BCUT2D eigenvalue weighted by molar-refractivity contribution is 0.0713. The molecule has 4 heterocycles. The Hall–Kier alpha value is -2.80. The predicted octanol–water partition coefficient (Wildman–Crippen LogP) is 1.90. The van der Waals surface area contributed by atoms with E-state index in [0.29, 0.717) is 29.6 Å². The van der Waals surface area contributed by atoms with E-state index in [1.807, 2.05) is 11.0 Å². The van der Waals surface area contributed by atoms with Crippen molar-refractivity contribution < 1.29 is 9.18 Å². The summed E-state index contributed by atoms with van der Waals surface area (Å²) in [7, 11) is 0. The number of carbonyl (C=O) groups is 1. The van der Waals surface area contributed by atoms with E-state index < -0.39 is 0 Å². The number of hydrogen-bond acceptors (Lipinski definition) is 4. The van der Waals surface area contributed by atoms with Crippen LogP contribution in [0.5, 0.6) is 0 Å². The van der Waals surface area contributed by atoms with E-state index in [1.54, 1.807) is 35.0 Å². The van der Waals surface area contributed by atoms with Crippen LogP contribution < -0.4 is 5.32 Å². The van der Waals surface area contributed by atoms with Crippen LogP contribution >= 0.6 is 0 Å². The molecule has 0 bridgehead atoms. The highest BCUT2D eigenvalue weighted by Crippen LogP contribution is 2.43. The molecule has 3 atom stereocenters. The van der Waals surface area contributed by atoms with Crippen molar-refractivity contribution >= 4 is 11.6 Å². The third-order valence-corrected chi connectivity index (χ3v) is 5.54. The van der Waals surface area contributed by atoms with Crippen molar-refractivity contribution in [2.75, 3.05) is 19.6 Å². The molecule has 0 aliphatic carbocycles. The number of aromatic nitrogens is 3. The molecule has 0 unspecified atom stereocenters. The van der Waals surface area contributed by atoms with Crippen LogP contribution in [0, 0.1) is 17.7 Å². The monoisotopic (exact) mass is 351 g/mol. The van der Waals surface area contributed by atoms with Gasteiger partial charge in [-0.3, -0.25) is 4.79 Å². The smallest absolute Gasteiger partial charge is 0.254 e. The summed E-state index contributed by atoms with van der Waals surface area (Å²) < 4.78 is 15.4. The summed E-state index contributed by atoms with van der Waals surface area (Å²) in [5.74, 6) is 0.384. The van der Waals surface area contributed by atoms with E-state index in [2.05, 4.69) is 15.4 Å². The first-order valence-corrected chi connectivity index (χ1v) is 8.77. The fourth-order valence-electron chi connectivity index (χ4n) is 4.36. The molecule has 5 rings (SSSR count). The van der Waals surface area contributed by atoms with Crippen LogP contribution in [0.4, 0.5) is 4.39 Å². The molecule has 1 aromatic carbocycles. The van der Waals surface area contributed by atoms with Gasteiger partial charge >= 0.3 is 0 Å². The Balaban J connectivity index is 1.54. The quantitative estimate of drug-likeness (QED) is 0.766. The fraction of sp³-hybridized carbons (Fsp3) is 0.316. The normalized spacial score (nSPS) is 25.0. The van der Waals surface area contributed by atoms with Crippen molar-refractivity contribution in [3.05, 3.63) is 65.9 Å². The Labute approximate surface area is 149 Å². The molecular weight excluding hydrogens is 333 g/mol. The fourth-order valence-corrected chi connectivity index (χ4v) is 4.36. The summed E-state index contributed by atoms with van der Waals surface area (Å²) in [6.45, 7) is 2.41. The van der Waals surface area contributed by atoms with E-state index in [0.717, 1.165) is 18.7 Å². The number of halogens is 1. The SMILES string of the molecule is O=C(c1ccn2ncnc2c1)N1C[C@@H]2CNC[C@@H]2[C@H]1c1cccc(F)c1. The summed E-state index contributed by atoms with van der Waals surface area (Å²) in [4.78, 5) is 19.3. The maximum Gasteiger partial charge on any atom is 0.254 e. The minimum atomic E-state index is -0.269. The molecule has 3 aromatic rings. The first-order valence-electron chi connectivity index (χ1n) is 8.77. The molecule has 2 fully saturated rings. The lowest BCUT2D eigenvalue weighted by Gasteiger charge is -2.28. The number of likely N-dealkylation sites (tertiary alicyclic amines) is 1. The van der Waals surface area contributed by atoms with Gasteiger partial charge < -0.3 is 10.2 Å². The predicted molar refractivity (Wildman–Crippen MR) is 93.0 cm³/mol. The van der Waals surface area contributed by atoms with Gasteiger partial charge in [-0.2, -0.15) is 5.10 Å². The largest absolute Gasteiger partial charge is 0.331 e. The van der Waals surface area contributed by atoms with Crippen molar-refractivity contribution in [1.29, 1.82) is 0 Å². The van der Waals surface area contributed by atoms with Gasteiger partial charge in [-0.15, -0.1) is 0 Å². The van der Waals surface area contributed by atoms with Crippen LogP contribution in [-0.4, -0.2) is 45.0 Å².